The van der Waals surface area contributed by atoms with E-state index in [2.05, 4.69) is 13.8 Å². The Morgan fingerprint density at radius 2 is 1.76 bits per heavy atom. The Morgan fingerprint density at radius 3 is 2.58 bits per heavy atom. The maximum atomic E-state index is 12.9. The van der Waals surface area contributed by atoms with E-state index in [-0.39, 0.29) is 29.9 Å². The van der Waals surface area contributed by atoms with Crippen LogP contribution in [0.3, 0.4) is 0 Å². The molecule has 0 spiro atoms. The zero-order valence-electron chi connectivity index (χ0n) is 20.4. The van der Waals surface area contributed by atoms with E-state index in [1.807, 2.05) is 50.2 Å². The second kappa shape index (κ2) is 9.54. The number of carbonyl (C=O) groups is 2. The Hall–Kier alpha value is -2.27. The summed E-state index contributed by atoms with van der Waals surface area (Å²) in [6, 6.07) is 11.9. The van der Waals surface area contributed by atoms with Gasteiger partial charge in [0.05, 0.1) is 22.9 Å². The van der Waals surface area contributed by atoms with Crippen molar-refractivity contribution in [2.24, 2.45) is 11.3 Å². The van der Waals surface area contributed by atoms with Gasteiger partial charge in [-0.15, -0.1) is 0 Å². The molecule has 0 aliphatic carbocycles. The number of cyclic esters (lactones) is 1. The fourth-order valence-electron chi connectivity index (χ4n) is 4.93. The summed E-state index contributed by atoms with van der Waals surface area (Å²) < 4.78 is 12.1. The molecule has 5 nitrogen and oxygen atoms in total. The molecule has 0 radical (unpaired) electrons. The lowest BCUT2D eigenvalue weighted by atomic mass is 9.80. The van der Waals surface area contributed by atoms with Gasteiger partial charge in [0.15, 0.2) is 0 Å². The van der Waals surface area contributed by atoms with E-state index in [1.54, 1.807) is 0 Å². The van der Waals surface area contributed by atoms with Gasteiger partial charge in [-0.05, 0) is 44.2 Å². The molecule has 2 aliphatic heterocycles. The topological polar surface area (TPSA) is 68.8 Å². The van der Waals surface area contributed by atoms with Crippen LogP contribution in [-0.2, 0) is 19.1 Å². The number of pyridine rings is 1. The molecule has 1 aromatic carbocycles. The Kier molecular flexibility index (Phi) is 6.90. The predicted octanol–water partition coefficient (Wildman–Crippen LogP) is 6.34. The van der Waals surface area contributed by atoms with E-state index < -0.39 is 11.5 Å². The number of rotatable bonds is 1. The van der Waals surface area contributed by atoms with Gasteiger partial charge in [0.1, 0.15) is 11.9 Å². The molecule has 2 fully saturated rings. The molecule has 2 aromatic rings. The van der Waals surface area contributed by atoms with Crippen molar-refractivity contribution in [3.8, 4) is 0 Å². The van der Waals surface area contributed by atoms with Gasteiger partial charge in [-0.1, -0.05) is 57.9 Å². The third kappa shape index (κ3) is 5.81. The first-order valence-corrected chi connectivity index (χ1v) is 12.4. The maximum Gasteiger partial charge on any atom is 0.306 e. The van der Waals surface area contributed by atoms with E-state index in [9.17, 15) is 9.59 Å². The van der Waals surface area contributed by atoms with Gasteiger partial charge in [0.25, 0.3) is 0 Å². The number of ketones is 1. The second-order valence-corrected chi connectivity index (χ2v) is 10.9. The molecule has 2 aliphatic rings. The number of esters is 1. The van der Waals surface area contributed by atoms with Crippen molar-refractivity contribution in [3.63, 3.8) is 0 Å². The van der Waals surface area contributed by atoms with Gasteiger partial charge in [0, 0.05) is 30.1 Å². The molecule has 2 saturated heterocycles. The van der Waals surface area contributed by atoms with Crippen LogP contribution < -0.4 is 0 Å². The number of epoxide rings is 1. The first-order chi connectivity index (χ1) is 15.7. The molecule has 33 heavy (non-hydrogen) atoms. The second-order valence-electron chi connectivity index (χ2n) is 10.9. The molecule has 4 atom stereocenters. The van der Waals surface area contributed by atoms with Gasteiger partial charge >= 0.3 is 5.97 Å². The number of Topliss-reactive ketones (excluding diaryl/α,β-unsaturated/α-hetero) is 1. The first kappa shape index (κ1) is 23.9. The molecule has 0 saturated carbocycles. The summed E-state index contributed by atoms with van der Waals surface area (Å²) in [6.45, 7) is 8.28. The van der Waals surface area contributed by atoms with Crippen LogP contribution in [-0.4, -0.2) is 28.4 Å². The third-order valence-corrected chi connectivity index (χ3v) is 7.63. The van der Waals surface area contributed by atoms with Gasteiger partial charge < -0.3 is 9.47 Å². The van der Waals surface area contributed by atoms with E-state index >= 15 is 0 Å². The number of hydrogen-bond donors (Lipinski definition) is 0. The normalized spacial score (nSPS) is 31.6. The SMILES string of the molecule is CC1CCCC2(C)OC2CC(c2ccc3ccccc3n2)OC(=O)CCC(C)(C)C(=O)CC1. The first-order valence-electron chi connectivity index (χ1n) is 12.4. The number of fused-ring (bicyclic) bond motifs is 2. The minimum Gasteiger partial charge on any atom is -0.456 e. The van der Waals surface area contributed by atoms with E-state index in [0.29, 0.717) is 25.2 Å². The summed E-state index contributed by atoms with van der Waals surface area (Å²) >= 11 is 0. The zero-order chi connectivity index (χ0) is 23.6. The maximum absolute atomic E-state index is 12.9. The lowest BCUT2D eigenvalue weighted by molar-refractivity contribution is -0.151. The quantitative estimate of drug-likeness (QED) is 0.374. The minimum atomic E-state index is -0.523. The Balaban J connectivity index is 1.56. The van der Waals surface area contributed by atoms with Gasteiger partial charge in [-0.25, -0.2) is 4.98 Å². The summed E-state index contributed by atoms with van der Waals surface area (Å²) in [5.41, 5.74) is 0.948. The molecule has 178 valence electrons. The number of ether oxygens (including phenoxy) is 2. The van der Waals surface area contributed by atoms with Crippen LogP contribution in [0.25, 0.3) is 10.9 Å². The monoisotopic (exact) mass is 451 g/mol. The van der Waals surface area contributed by atoms with Crippen molar-refractivity contribution in [3.05, 3.63) is 42.1 Å². The molecular weight excluding hydrogens is 414 g/mol. The van der Waals surface area contributed by atoms with Crippen molar-refractivity contribution >= 4 is 22.7 Å². The van der Waals surface area contributed by atoms with Crippen molar-refractivity contribution < 1.29 is 19.1 Å². The lowest BCUT2D eigenvalue weighted by Gasteiger charge is -2.25. The zero-order valence-corrected chi connectivity index (χ0v) is 20.4. The van der Waals surface area contributed by atoms with E-state index in [4.69, 9.17) is 14.5 Å². The molecule has 1 aromatic heterocycles. The summed E-state index contributed by atoms with van der Waals surface area (Å²) in [6.07, 6.45) is 5.56. The van der Waals surface area contributed by atoms with Crippen LogP contribution >= 0.6 is 0 Å². The number of aromatic nitrogens is 1. The Bertz CT molecular complexity index is 1020. The number of carbonyl (C=O) groups excluding carboxylic acids is 2. The number of para-hydroxylation sites is 1. The van der Waals surface area contributed by atoms with Gasteiger partial charge in [0.2, 0.25) is 0 Å². The summed E-state index contributed by atoms with van der Waals surface area (Å²) in [5.74, 6) is 0.469. The van der Waals surface area contributed by atoms with E-state index in [0.717, 1.165) is 42.3 Å². The van der Waals surface area contributed by atoms with E-state index in [1.165, 1.54) is 0 Å². The highest BCUT2D eigenvalue weighted by atomic mass is 16.6. The molecule has 0 N–H and O–H groups in total. The lowest BCUT2D eigenvalue weighted by Crippen LogP contribution is -2.26. The van der Waals surface area contributed by atoms with Crippen LogP contribution in [0.15, 0.2) is 36.4 Å². The fraction of sp³-hybridized carbons (Fsp3) is 0.607. The Morgan fingerprint density at radius 1 is 0.970 bits per heavy atom. The van der Waals surface area contributed by atoms with Crippen LogP contribution in [0.2, 0.25) is 0 Å². The van der Waals surface area contributed by atoms with Crippen LogP contribution in [0.5, 0.6) is 0 Å². The highest BCUT2D eigenvalue weighted by Gasteiger charge is 2.52. The summed E-state index contributed by atoms with van der Waals surface area (Å²) in [5, 5.41) is 1.06. The molecular formula is C28H37NO4. The molecule has 0 amide bonds. The molecule has 4 unspecified atom stereocenters. The van der Waals surface area contributed by atoms with Gasteiger partial charge in [-0.3, -0.25) is 9.59 Å². The minimum absolute atomic E-state index is 0.0600. The van der Waals surface area contributed by atoms with Crippen molar-refractivity contribution in [2.75, 3.05) is 0 Å². The smallest absolute Gasteiger partial charge is 0.306 e. The van der Waals surface area contributed by atoms with Gasteiger partial charge in [-0.2, -0.15) is 0 Å². The van der Waals surface area contributed by atoms with Crippen LogP contribution in [0.1, 0.15) is 90.9 Å². The fourth-order valence-corrected chi connectivity index (χ4v) is 4.93. The highest BCUT2D eigenvalue weighted by Crippen LogP contribution is 2.46. The summed E-state index contributed by atoms with van der Waals surface area (Å²) in [4.78, 5) is 30.5. The van der Waals surface area contributed by atoms with Crippen LogP contribution in [0, 0.1) is 11.3 Å². The van der Waals surface area contributed by atoms with Crippen molar-refractivity contribution in [2.45, 2.75) is 96.9 Å². The largest absolute Gasteiger partial charge is 0.456 e. The van der Waals surface area contributed by atoms with Crippen LogP contribution in [0.4, 0.5) is 0 Å². The van der Waals surface area contributed by atoms with Crippen molar-refractivity contribution in [1.82, 2.24) is 4.98 Å². The van der Waals surface area contributed by atoms with Crippen molar-refractivity contribution in [1.29, 1.82) is 0 Å². The average molecular weight is 452 g/mol. The highest BCUT2D eigenvalue weighted by molar-refractivity contribution is 5.84. The predicted molar refractivity (Wildman–Crippen MR) is 129 cm³/mol. The number of nitrogens with zero attached hydrogens (tertiary/aromatic N) is 1. The standard InChI is InChI=1S/C28H37NO4/c1-19-8-7-16-28(4)25(33-28)18-23(22-13-12-20-9-5-6-10-21(20)29-22)32-26(31)15-17-27(2,3)24(30)14-11-19/h5-6,9-10,12-13,19,23,25H,7-8,11,14-18H2,1-4H3. The number of hydrogen-bond acceptors (Lipinski definition) is 5. The molecule has 5 heteroatoms. The summed E-state index contributed by atoms with van der Waals surface area (Å²) in [7, 11) is 0. The molecule has 3 heterocycles. The Labute approximate surface area is 197 Å². The molecule has 0 bridgehead atoms. The number of benzene rings is 1. The third-order valence-electron chi connectivity index (χ3n) is 7.63. The average Bonchev–Trinajstić information content (AvgIpc) is 3.43. The molecule has 4 rings (SSSR count).